The molecule has 76 valence electrons. The van der Waals surface area contributed by atoms with Gasteiger partial charge in [-0.25, -0.2) is 0 Å². The maximum atomic E-state index is 4.02. The highest BCUT2D eigenvalue weighted by atomic mass is 14.8. The molecule has 0 fully saturated rings. The van der Waals surface area contributed by atoms with Crippen molar-refractivity contribution in [2.75, 3.05) is 0 Å². The van der Waals surface area contributed by atoms with Gasteiger partial charge in [0.05, 0.1) is 0 Å². The lowest BCUT2D eigenvalue weighted by molar-refractivity contribution is 1.18. The van der Waals surface area contributed by atoms with Crippen molar-refractivity contribution in [3.8, 4) is 0 Å². The molecular weight excluding hydrogens is 184 g/mol. The molecule has 2 heteroatoms. The van der Waals surface area contributed by atoms with Gasteiger partial charge in [0.2, 0.25) is 0 Å². The largest absolute Gasteiger partial charge is 0.366 e. The summed E-state index contributed by atoms with van der Waals surface area (Å²) < 4.78 is 0. The van der Waals surface area contributed by atoms with Crippen molar-refractivity contribution in [1.82, 2.24) is 5.32 Å². The molecule has 0 amide bonds. The second-order valence-electron chi connectivity index (χ2n) is 2.68. The zero-order valence-corrected chi connectivity index (χ0v) is 8.45. The van der Waals surface area contributed by atoms with Crippen LogP contribution in [0.2, 0.25) is 0 Å². The molecule has 0 aliphatic carbocycles. The minimum absolute atomic E-state index is 1.69. The van der Waals surface area contributed by atoms with Gasteiger partial charge in [0.1, 0.15) is 0 Å². The SMILES string of the molecule is C1=C\C=C/C=C\N/C=C\N=C/C=C\C=C/1. The van der Waals surface area contributed by atoms with E-state index >= 15 is 0 Å². The summed E-state index contributed by atoms with van der Waals surface area (Å²) in [5.74, 6) is 0. The molecule has 1 rings (SSSR count). The van der Waals surface area contributed by atoms with Gasteiger partial charge in [0, 0.05) is 24.8 Å². The Morgan fingerprint density at radius 1 is 0.600 bits per heavy atom. The highest BCUT2D eigenvalue weighted by molar-refractivity contribution is 5.72. The zero-order valence-electron chi connectivity index (χ0n) is 8.45. The van der Waals surface area contributed by atoms with Crippen molar-refractivity contribution in [3.05, 3.63) is 73.3 Å². The van der Waals surface area contributed by atoms with Crippen LogP contribution in [0.4, 0.5) is 0 Å². The lowest BCUT2D eigenvalue weighted by atomic mass is 10.4. The van der Waals surface area contributed by atoms with Crippen molar-refractivity contribution < 1.29 is 0 Å². The van der Waals surface area contributed by atoms with E-state index < -0.39 is 0 Å². The summed E-state index contributed by atoms with van der Waals surface area (Å²) in [5.41, 5.74) is 0. The summed E-state index contributed by atoms with van der Waals surface area (Å²) >= 11 is 0. The average molecular weight is 198 g/mol. The molecule has 0 unspecified atom stereocenters. The Hall–Kier alpha value is -2.09. The van der Waals surface area contributed by atoms with Gasteiger partial charge in [-0.3, -0.25) is 4.99 Å². The van der Waals surface area contributed by atoms with Gasteiger partial charge in [-0.2, -0.15) is 0 Å². The van der Waals surface area contributed by atoms with E-state index in [1.165, 1.54) is 0 Å². The Bertz CT molecular complexity index is 319. The molecule has 1 aliphatic heterocycles. The molecule has 0 radical (unpaired) electrons. The highest BCUT2D eigenvalue weighted by Gasteiger charge is 1.67. The van der Waals surface area contributed by atoms with Crippen molar-refractivity contribution >= 4 is 6.21 Å². The molecule has 0 aromatic rings. The number of nitrogens with one attached hydrogen (secondary N) is 1. The van der Waals surface area contributed by atoms with Gasteiger partial charge in [0.15, 0.2) is 0 Å². The van der Waals surface area contributed by atoms with Crippen LogP contribution >= 0.6 is 0 Å². The molecule has 0 spiro atoms. The van der Waals surface area contributed by atoms with E-state index in [2.05, 4.69) is 10.3 Å². The van der Waals surface area contributed by atoms with Crippen LogP contribution < -0.4 is 5.32 Å². The van der Waals surface area contributed by atoms with Crippen LogP contribution in [0.5, 0.6) is 0 Å². The van der Waals surface area contributed by atoms with Crippen LogP contribution in [0.3, 0.4) is 0 Å². The maximum Gasteiger partial charge on any atom is 0.0427 e. The van der Waals surface area contributed by atoms with Gasteiger partial charge in [-0.15, -0.1) is 0 Å². The Morgan fingerprint density at radius 3 is 1.93 bits per heavy atom. The standard InChI is InChI=1S/C13H14N2/c1-2-4-6-8-10-14-12-13-15-11-9-7-5-3-1/h1-14H/b2-1-,5-3-,6-4-,9-7-,10-8-,13-12-,15-11-. The predicted molar refractivity (Wildman–Crippen MR) is 66.5 cm³/mol. The molecule has 0 aromatic carbocycles. The van der Waals surface area contributed by atoms with E-state index in [0.29, 0.717) is 0 Å². The molecule has 1 N–H and O–H groups in total. The number of hydrogen-bond acceptors (Lipinski definition) is 2. The molecule has 1 aliphatic rings. The van der Waals surface area contributed by atoms with Crippen LogP contribution in [-0.2, 0) is 0 Å². The molecule has 0 saturated carbocycles. The quantitative estimate of drug-likeness (QED) is 0.636. The third-order valence-corrected chi connectivity index (χ3v) is 1.51. The number of nitrogens with zero attached hydrogens (tertiary/aromatic N) is 1. The predicted octanol–water partition coefficient (Wildman–Crippen LogP) is 2.87. The first-order valence-corrected chi connectivity index (χ1v) is 4.76. The molecule has 0 bridgehead atoms. The molecule has 0 saturated heterocycles. The number of rotatable bonds is 0. The minimum atomic E-state index is 1.69. The topological polar surface area (TPSA) is 24.4 Å². The van der Waals surface area contributed by atoms with Crippen molar-refractivity contribution in [1.29, 1.82) is 0 Å². The van der Waals surface area contributed by atoms with Crippen molar-refractivity contribution in [2.24, 2.45) is 4.99 Å². The van der Waals surface area contributed by atoms with Crippen LogP contribution in [0.15, 0.2) is 78.3 Å². The lowest BCUT2D eigenvalue weighted by Gasteiger charge is -1.84. The fourth-order valence-corrected chi connectivity index (χ4v) is 0.851. The van der Waals surface area contributed by atoms with E-state index in [1.807, 2.05) is 60.9 Å². The van der Waals surface area contributed by atoms with Gasteiger partial charge in [-0.1, -0.05) is 42.5 Å². The van der Waals surface area contributed by atoms with Crippen molar-refractivity contribution in [2.45, 2.75) is 0 Å². The summed E-state index contributed by atoms with van der Waals surface area (Å²) in [6.07, 6.45) is 24.5. The van der Waals surface area contributed by atoms with Crippen LogP contribution in [0.25, 0.3) is 0 Å². The minimum Gasteiger partial charge on any atom is -0.366 e. The summed E-state index contributed by atoms with van der Waals surface area (Å²) in [6, 6.07) is 0. The van der Waals surface area contributed by atoms with Gasteiger partial charge >= 0.3 is 0 Å². The molecule has 0 aromatic heterocycles. The smallest absolute Gasteiger partial charge is 0.0427 e. The Kier molecular flexibility index (Phi) is 6.23. The maximum absolute atomic E-state index is 4.02. The van der Waals surface area contributed by atoms with Gasteiger partial charge < -0.3 is 5.32 Å². The van der Waals surface area contributed by atoms with E-state index in [4.69, 9.17) is 0 Å². The summed E-state index contributed by atoms with van der Waals surface area (Å²) in [5, 5.41) is 2.96. The number of hydrogen-bond donors (Lipinski definition) is 1. The normalized spacial score (nSPS) is 30.9. The first-order chi connectivity index (χ1) is 7.50. The number of aliphatic imine (C=N–C) groups is 1. The average Bonchev–Trinajstić information content (AvgIpc) is 2.27. The first kappa shape index (κ1) is 11.0. The van der Waals surface area contributed by atoms with Gasteiger partial charge in [0.25, 0.3) is 0 Å². The van der Waals surface area contributed by atoms with Crippen LogP contribution in [0, 0.1) is 0 Å². The molecule has 1 heterocycles. The Morgan fingerprint density at radius 2 is 1.20 bits per heavy atom. The first-order valence-electron chi connectivity index (χ1n) is 4.76. The Balaban J connectivity index is 2.62. The molecule has 0 atom stereocenters. The summed E-state index contributed by atoms with van der Waals surface area (Å²) in [4.78, 5) is 4.02. The van der Waals surface area contributed by atoms with E-state index in [1.54, 1.807) is 18.6 Å². The fourth-order valence-electron chi connectivity index (χ4n) is 0.851. The second-order valence-corrected chi connectivity index (χ2v) is 2.68. The van der Waals surface area contributed by atoms with E-state index in [9.17, 15) is 0 Å². The van der Waals surface area contributed by atoms with E-state index in [-0.39, 0.29) is 0 Å². The summed E-state index contributed by atoms with van der Waals surface area (Å²) in [7, 11) is 0. The fraction of sp³-hybridized carbons (Fsp3) is 0. The summed E-state index contributed by atoms with van der Waals surface area (Å²) in [6.45, 7) is 0. The zero-order chi connectivity index (χ0) is 10.6. The molecule has 2 nitrogen and oxygen atoms in total. The highest BCUT2D eigenvalue weighted by Crippen LogP contribution is 1.84. The third kappa shape index (κ3) is 7.02. The molecule has 15 heavy (non-hydrogen) atoms. The van der Waals surface area contributed by atoms with Gasteiger partial charge in [-0.05, 0) is 12.2 Å². The third-order valence-electron chi connectivity index (χ3n) is 1.51. The van der Waals surface area contributed by atoms with Crippen molar-refractivity contribution in [3.63, 3.8) is 0 Å². The van der Waals surface area contributed by atoms with E-state index in [0.717, 1.165) is 0 Å². The number of allylic oxidation sites excluding steroid dienone is 9. The van der Waals surface area contributed by atoms with Crippen LogP contribution in [0.1, 0.15) is 0 Å². The molecular formula is C13H14N2. The lowest BCUT2D eigenvalue weighted by Crippen LogP contribution is -1.89. The van der Waals surface area contributed by atoms with Crippen LogP contribution in [-0.4, -0.2) is 6.21 Å². The Labute approximate surface area is 90.4 Å². The second kappa shape index (κ2) is 8.51. The monoisotopic (exact) mass is 198 g/mol.